The lowest BCUT2D eigenvalue weighted by Gasteiger charge is -2.26. The van der Waals surface area contributed by atoms with E-state index in [0.29, 0.717) is 17.7 Å². The lowest BCUT2D eigenvalue weighted by atomic mass is 9.93. The SMILES string of the molecule is Cc1ccc2[nH]c(=O)c(C(=O)/C=C/c3ccc(OCCN4CCOCC4)cc3)c(-c3ccccc3)c2c1. The number of allylic oxidation sites excluding steroid dienone is 1. The van der Waals surface area contributed by atoms with Crippen molar-refractivity contribution in [3.8, 4) is 16.9 Å². The minimum absolute atomic E-state index is 0.142. The van der Waals surface area contributed by atoms with E-state index in [9.17, 15) is 9.59 Å². The quantitative estimate of drug-likeness (QED) is 0.272. The van der Waals surface area contributed by atoms with Gasteiger partial charge in [-0.2, -0.15) is 0 Å². The Morgan fingerprint density at radius 2 is 1.78 bits per heavy atom. The normalized spacial score (nSPS) is 14.3. The van der Waals surface area contributed by atoms with Crippen LogP contribution in [0.4, 0.5) is 0 Å². The molecule has 0 bridgehead atoms. The molecule has 2 heterocycles. The Hall–Kier alpha value is -4.00. The zero-order valence-electron chi connectivity index (χ0n) is 20.9. The Kier molecular flexibility index (Phi) is 7.59. The minimum Gasteiger partial charge on any atom is -0.492 e. The Labute approximate surface area is 216 Å². The molecule has 3 aromatic carbocycles. The number of ketones is 1. The molecule has 188 valence electrons. The summed E-state index contributed by atoms with van der Waals surface area (Å²) in [7, 11) is 0. The first-order chi connectivity index (χ1) is 18.1. The number of pyridine rings is 1. The van der Waals surface area contributed by atoms with Crippen molar-refractivity contribution in [3.05, 3.63) is 106 Å². The van der Waals surface area contributed by atoms with E-state index in [-0.39, 0.29) is 11.3 Å². The fraction of sp³-hybridized carbons (Fsp3) is 0.226. The molecule has 0 atom stereocenters. The van der Waals surface area contributed by atoms with Crippen LogP contribution in [0.2, 0.25) is 0 Å². The van der Waals surface area contributed by atoms with E-state index in [1.165, 1.54) is 6.08 Å². The van der Waals surface area contributed by atoms with Crippen molar-refractivity contribution in [1.29, 1.82) is 0 Å². The maximum atomic E-state index is 13.4. The van der Waals surface area contributed by atoms with Gasteiger partial charge in [0.1, 0.15) is 12.4 Å². The standard InChI is InChI=1S/C31H30N2O4/c1-22-7-13-27-26(21-22)29(24-5-3-2-4-6-24)30(31(35)32-27)28(34)14-10-23-8-11-25(12-9-23)37-20-17-33-15-18-36-19-16-33/h2-14,21H,15-20H2,1H3,(H,32,35)/b14-10+. The number of nitrogens with zero attached hydrogens (tertiary/aromatic N) is 1. The molecule has 0 unspecified atom stereocenters. The van der Waals surface area contributed by atoms with Gasteiger partial charge in [-0.25, -0.2) is 0 Å². The summed E-state index contributed by atoms with van der Waals surface area (Å²) < 4.78 is 11.2. The first-order valence-corrected chi connectivity index (χ1v) is 12.6. The second-order valence-electron chi connectivity index (χ2n) is 9.19. The van der Waals surface area contributed by atoms with Crippen LogP contribution in [0, 0.1) is 6.92 Å². The summed E-state index contributed by atoms with van der Waals surface area (Å²) in [6.45, 7) is 6.90. The van der Waals surface area contributed by atoms with Crippen LogP contribution >= 0.6 is 0 Å². The second kappa shape index (κ2) is 11.4. The molecule has 1 N–H and O–H groups in total. The van der Waals surface area contributed by atoms with Crippen LogP contribution in [0.15, 0.2) is 83.7 Å². The average molecular weight is 495 g/mol. The Morgan fingerprint density at radius 1 is 1.03 bits per heavy atom. The summed E-state index contributed by atoms with van der Waals surface area (Å²) >= 11 is 0. The van der Waals surface area contributed by atoms with E-state index in [2.05, 4.69) is 9.88 Å². The molecule has 5 rings (SSSR count). The topological polar surface area (TPSA) is 71.6 Å². The maximum Gasteiger partial charge on any atom is 0.260 e. The van der Waals surface area contributed by atoms with Crippen LogP contribution in [0.3, 0.4) is 0 Å². The summed E-state index contributed by atoms with van der Waals surface area (Å²) in [5.41, 5.74) is 3.85. The van der Waals surface area contributed by atoms with Gasteiger partial charge in [0.05, 0.1) is 18.8 Å². The molecular formula is C31H30N2O4. The minimum atomic E-state index is -0.395. The predicted molar refractivity (Wildman–Crippen MR) is 147 cm³/mol. The summed E-state index contributed by atoms with van der Waals surface area (Å²) in [6.07, 6.45) is 3.20. The van der Waals surface area contributed by atoms with Crippen LogP contribution in [0.25, 0.3) is 28.1 Å². The summed E-state index contributed by atoms with van der Waals surface area (Å²) in [5, 5.41) is 0.848. The number of carbonyl (C=O) groups is 1. The molecule has 0 aliphatic carbocycles. The van der Waals surface area contributed by atoms with Crippen molar-refractivity contribution < 1.29 is 14.3 Å². The predicted octanol–water partition coefficient (Wildman–Crippen LogP) is 5.11. The number of aromatic nitrogens is 1. The molecule has 6 nitrogen and oxygen atoms in total. The molecular weight excluding hydrogens is 464 g/mol. The number of hydrogen-bond donors (Lipinski definition) is 1. The van der Waals surface area contributed by atoms with Gasteiger partial charge in [0.15, 0.2) is 5.78 Å². The third-order valence-corrected chi connectivity index (χ3v) is 6.57. The van der Waals surface area contributed by atoms with Gasteiger partial charge in [-0.3, -0.25) is 14.5 Å². The van der Waals surface area contributed by atoms with E-state index in [1.54, 1.807) is 6.08 Å². The number of carbonyl (C=O) groups excluding carboxylic acids is 1. The maximum absolute atomic E-state index is 13.4. The molecule has 4 aromatic rings. The molecule has 1 aromatic heterocycles. The Balaban J connectivity index is 1.36. The summed E-state index contributed by atoms with van der Waals surface area (Å²) in [4.78, 5) is 31.7. The Morgan fingerprint density at radius 3 is 2.54 bits per heavy atom. The van der Waals surface area contributed by atoms with E-state index in [1.807, 2.05) is 79.7 Å². The van der Waals surface area contributed by atoms with Crippen LogP contribution in [0.1, 0.15) is 21.5 Å². The number of ether oxygens (including phenoxy) is 2. The number of aryl methyl sites for hydroxylation is 1. The molecule has 1 fully saturated rings. The van der Waals surface area contributed by atoms with E-state index >= 15 is 0 Å². The third-order valence-electron chi connectivity index (χ3n) is 6.57. The first-order valence-electron chi connectivity index (χ1n) is 12.6. The molecule has 6 heteroatoms. The van der Waals surface area contributed by atoms with E-state index in [0.717, 1.165) is 60.7 Å². The number of morpholine rings is 1. The van der Waals surface area contributed by atoms with Crippen molar-refractivity contribution in [3.63, 3.8) is 0 Å². The van der Waals surface area contributed by atoms with Gasteiger partial charge in [0.25, 0.3) is 5.56 Å². The number of fused-ring (bicyclic) bond motifs is 1. The first kappa shape index (κ1) is 24.7. The molecule has 0 saturated carbocycles. The van der Waals surface area contributed by atoms with Gasteiger partial charge in [-0.15, -0.1) is 0 Å². The summed E-state index contributed by atoms with van der Waals surface area (Å²) in [5.74, 6) is 0.443. The van der Waals surface area contributed by atoms with Crippen molar-refractivity contribution >= 4 is 22.8 Å². The van der Waals surface area contributed by atoms with Crippen molar-refractivity contribution in [2.75, 3.05) is 39.5 Å². The highest BCUT2D eigenvalue weighted by Gasteiger charge is 2.19. The number of hydrogen-bond acceptors (Lipinski definition) is 5. The zero-order chi connectivity index (χ0) is 25.6. The van der Waals surface area contributed by atoms with Gasteiger partial charge in [-0.1, -0.05) is 60.2 Å². The van der Waals surface area contributed by atoms with Gasteiger partial charge >= 0.3 is 0 Å². The molecule has 1 aliphatic rings. The van der Waals surface area contributed by atoms with Crippen LogP contribution < -0.4 is 10.3 Å². The number of benzene rings is 3. The monoisotopic (exact) mass is 494 g/mol. The number of aromatic amines is 1. The van der Waals surface area contributed by atoms with Crippen molar-refractivity contribution in [2.24, 2.45) is 0 Å². The Bertz CT molecular complexity index is 1470. The second-order valence-corrected chi connectivity index (χ2v) is 9.19. The van der Waals surface area contributed by atoms with Gasteiger partial charge in [-0.05, 0) is 48.4 Å². The molecule has 37 heavy (non-hydrogen) atoms. The van der Waals surface area contributed by atoms with Gasteiger partial charge in [0, 0.05) is 36.1 Å². The fourth-order valence-electron chi connectivity index (χ4n) is 4.59. The van der Waals surface area contributed by atoms with Crippen LogP contribution in [0.5, 0.6) is 5.75 Å². The lowest BCUT2D eigenvalue weighted by Crippen LogP contribution is -2.38. The number of H-pyrrole nitrogens is 1. The molecule has 0 amide bonds. The average Bonchev–Trinajstić information content (AvgIpc) is 2.93. The third kappa shape index (κ3) is 5.88. The highest BCUT2D eigenvalue weighted by atomic mass is 16.5. The van der Waals surface area contributed by atoms with Gasteiger partial charge < -0.3 is 14.5 Å². The highest BCUT2D eigenvalue weighted by Crippen LogP contribution is 2.30. The lowest BCUT2D eigenvalue weighted by molar-refractivity contribution is 0.0322. The number of nitrogens with one attached hydrogen (secondary N) is 1. The zero-order valence-corrected chi connectivity index (χ0v) is 20.9. The molecule has 0 radical (unpaired) electrons. The van der Waals surface area contributed by atoms with Crippen LogP contribution in [-0.2, 0) is 4.74 Å². The van der Waals surface area contributed by atoms with Crippen molar-refractivity contribution in [1.82, 2.24) is 9.88 Å². The fourth-order valence-corrected chi connectivity index (χ4v) is 4.59. The molecule has 1 aliphatic heterocycles. The number of rotatable bonds is 8. The smallest absolute Gasteiger partial charge is 0.260 e. The van der Waals surface area contributed by atoms with Crippen molar-refractivity contribution in [2.45, 2.75) is 6.92 Å². The molecule has 0 spiro atoms. The highest BCUT2D eigenvalue weighted by molar-refractivity contribution is 6.15. The van der Waals surface area contributed by atoms with Gasteiger partial charge in [0.2, 0.25) is 0 Å². The van der Waals surface area contributed by atoms with E-state index < -0.39 is 5.56 Å². The molecule has 1 saturated heterocycles. The summed E-state index contributed by atoms with van der Waals surface area (Å²) in [6, 6.07) is 23.0. The largest absolute Gasteiger partial charge is 0.492 e. The van der Waals surface area contributed by atoms with Crippen LogP contribution in [-0.4, -0.2) is 55.1 Å². The van der Waals surface area contributed by atoms with E-state index in [4.69, 9.17) is 9.47 Å².